The number of cyclic esters (lactones) is 1. The highest BCUT2D eigenvalue weighted by Gasteiger charge is 2.24. The number of hydrogen-bond donors (Lipinski definition) is 0. The SMILES string of the molecule is CCOc1cc(/C=C2/N=C(c3ccc(OC)cc3)OC2=O)ccc1OC(=O)c1ccccc1Cl. The van der Waals surface area contributed by atoms with E-state index in [0.29, 0.717) is 29.2 Å². The van der Waals surface area contributed by atoms with Crippen molar-refractivity contribution in [3.63, 3.8) is 0 Å². The second kappa shape index (κ2) is 10.2. The van der Waals surface area contributed by atoms with Crippen molar-refractivity contribution in [1.29, 1.82) is 0 Å². The first-order chi connectivity index (χ1) is 16.5. The van der Waals surface area contributed by atoms with Gasteiger partial charge in [-0.05, 0) is 67.1 Å². The normalized spacial score (nSPS) is 13.9. The quantitative estimate of drug-likeness (QED) is 0.260. The summed E-state index contributed by atoms with van der Waals surface area (Å²) in [5, 5.41) is 0.289. The van der Waals surface area contributed by atoms with Crippen molar-refractivity contribution >= 4 is 35.5 Å². The molecule has 0 amide bonds. The highest BCUT2D eigenvalue weighted by molar-refractivity contribution is 6.33. The molecule has 0 saturated carbocycles. The maximum atomic E-state index is 12.5. The third-order valence-corrected chi connectivity index (χ3v) is 5.15. The molecule has 0 aromatic heterocycles. The Balaban J connectivity index is 1.59. The Labute approximate surface area is 201 Å². The summed E-state index contributed by atoms with van der Waals surface area (Å²) in [4.78, 5) is 29.2. The number of hydrogen-bond acceptors (Lipinski definition) is 7. The van der Waals surface area contributed by atoms with Crippen LogP contribution in [0.15, 0.2) is 77.4 Å². The summed E-state index contributed by atoms with van der Waals surface area (Å²) in [6, 6.07) is 18.5. The van der Waals surface area contributed by atoms with E-state index in [1.807, 2.05) is 6.92 Å². The number of esters is 2. The van der Waals surface area contributed by atoms with E-state index >= 15 is 0 Å². The first-order valence-electron chi connectivity index (χ1n) is 10.4. The van der Waals surface area contributed by atoms with E-state index in [4.69, 9.17) is 30.5 Å². The number of ether oxygens (including phenoxy) is 4. The van der Waals surface area contributed by atoms with E-state index in [-0.39, 0.29) is 27.9 Å². The van der Waals surface area contributed by atoms with Crippen molar-refractivity contribution in [1.82, 2.24) is 0 Å². The van der Waals surface area contributed by atoms with Gasteiger partial charge in [-0.15, -0.1) is 0 Å². The van der Waals surface area contributed by atoms with Crippen LogP contribution in [-0.2, 0) is 9.53 Å². The summed E-state index contributed by atoms with van der Waals surface area (Å²) in [5.41, 5.74) is 1.64. The van der Waals surface area contributed by atoms with Crippen molar-refractivity contribution in [3.05, 3.63) is 94.1 Å². The molecule has 0 unspecified atom stereocenters. The van der Waals surface area contributed by atoms with Crippen LogP contribution in [0.5, 0.6) is 17.2 Å². The van der Waals surface area contributed by atoms with Crippen molar-refractivity contribution in [2.75, 3.05) is 13.7 Å². The maximum Gasteiger partial charge on any atom is 0.363 e. The molecule has 172 valence electrons. The summed E-state index contributed by atoms with van der Waals surface area (Å²) in [5.74, 6) is 0.273. The smallest absolute Gasteiger partial charge is 0.363 e. The zero-order chi connectivity index (χ0) is 24.1. The Hall–Kier alpha value is -4.10. The molecule has 1 heterocycles. The van der Waals surface area contributed by atoms with Crippen LogP contribution in [0.25, 0.3) is 6.08 Å². The Morgan fingerprint density at radius 2 is 1.82 bits per heavy atom. The zero-order valence-electron chi connectivity index (χ0n) is 18.4. The fraction of sp³-hybridized carbons (Fsp3) is 0.115. The second-order valence-corrected chi connectivity index (χ2v) is 7.48. The molecule has 7 nitrogen and oxygen atoms in total. The van der Waals surface area contributed by atoms with Gasteiger partial charge in [0.25, 0.3) is 0 Å². The Morgan fingerprint density at radius 3 is 2.53 bits per heavy atom. The minimum absolute atomic E-state index is 0.133. The standard InChI is InChI=1S/C26H20ClNO6/c1-3-32-23-15-16(8-13-22(23)33-25(29)19-6-4-5-7-20(19)27)14-21-26(30)34-24(28-21)17-9-11-18(31-2)12-10-17/h4-15H,3H2,1-2H3/b21-14+. The minimum Gasteiger partial charge on any atom is -0.497 e. The van der Waals surface area contributed by atoms with Gasteiger partial charge in [0.1, 0.15) is 5.75 Å². The van der Waals surface area contributed by atoms with Crippen LogP contribution in [-0.4, -0.2) is 31.6 Å². The summed E-state index contributed by atoms with van der Waals surface area (Å²) in [6.07, 6.45) is 1.57. The highest BCUT2D eigenvalue weighted by atomic mass is 35.5. The molecule has 0 bridgehead atoms. The molecule has 4 rings (SSSR count). The molecule has 0 N–H and O–H groups in total. The molecule has 0 spiro atoms. The number of nitrogens with zero attached hydrogens (tertiary/aromatic N) is 1. The fourth-order valence-electron chi connectivity index (χ4n) is 3.17. The molecule has 8 heteroatoms. The second-order valence-electron chi connectivity index (χ2n) is 7.07. The largest absolute Gasteiger partial charge is 0.497 e. The highest BCUT2D eigenvalue weighted by Crippen LogP contribution is 2.31. The first kappa shape index (κ1) is 23.1. The Bertz CT molecular complexity index is 1300. The number of carbonyl (C=O) groups excluding carboxylic acids is 2. The van der Waals surface area contributed by atoms with Gasteiger partial charge < -0.3 is 18.9 Å². The van der Waals surface area contributed by atoms with Crippen molar-refractivity contribution in [2.45, 2.75) is 6.92 Å². The number of benzene rings is 3. The average Bonchev–Trinajstić information content (AvgIpc) is 3.21. The molecule has 3 aromatic rings. The lowest BCUT2D eigenvalue weighted by Gasteiger charge is -2.12. The molecule has 0 aliphatic carbocycles. The Kier molecular flexibility index (Phi) is 6.94. The third kappa shape index (κ3) is 5.10. The van der Waals surface area contributed by atoms with Crippen LogP contribution in [0.3, 0.4) is 0 Å². The van der Waals surface area contributed by atoms with Crippen molar-refractivity contribution in [3.8, 4) is 17.2 Å². The van der Waals surface area contributed by atoms with Crippen LogP contribution in [0, 0.1) is 0 Å². The monoisotopic (exact) mass is 477 g/mol. The average molecular weight is 478 g/mol. The van der Waals surface area contributed by atoms with Crippen LogP contribution in [0.1, 0.15) is 28.4 Å². The number of rotatable bonds is 7. The number of methoxy groups -OCH3 is 1. The number of halogens is 1. The van der Waals surface area contributed by atoms with Gasteiger partial charge >= 0.3 is 11.9 Å². The predicted molar refractivity (Wildman–Crippen MR) is 128 cm³/mol. The van der Waals surface area contributed by atoms with E-state index in [1.165, 1.54) is 0 Å². The zero-order valence-corrected chi connectivity index (χ0v) is 19.2. The fourth-order valence-corrected chi connectivity index (χ4v) is 3.39. The van der Waals surface area contributed by atoms with E-state index in [2.05, 4.69) is 4.99 Å². The van der Waals surface area contributed by atoms with Gasteiger partial charge in [0, 0.05) is 5.56 Å². The number of carbonyl (C=O) groups is 2. The molecular weight excluding hydrogens is 458 g/mol. The van der Waals surface area contributed by atoms with Gasteiger partial charge in [-0.25, -0.2) is 14.6 Å². The van der Waals surface area contributed by atoms with Crippen LogP contribution >= 0.6 is 11.6 Å². The van der Waals surface area contributed by atoms with Gasteiger partial charge in [-0.1, -0.05) is 29.8 Å². The van der Waals surface area contributed by atoms with Gasteiger partial charge in [0.15, 0.2) is 17.2 Å². The molecular formula is C26H20ClNO6. The molecule has 1 aliphatic rings. The molecule has 3 aromatic carbocycles. The van der Waals surface area contributed by atoms with Crippen LogP contribution < -0.4 is 14.2 Å². The third-order valence-electron chi connectivity index (χ3n) is 4.82. The number of aliphatic imine (C=N–C) groups is 1. The minimum atomic E-state index is -0.606. The van der Waals surface area contributed by atoms with Crippen molar-refractivity contribution < 1.29 is 28.5 Å². The van der Waals surface area contributed by atoms with E-state index in [9.17, 15) is 9.59 Å². The van der Waals surface area contributed by atoms with Gasteiger partial charge in [-0.2, -0.15) is 0 Å². The Morgan fingerprint density at radius 1 is 1.06 bits per heavy atom. The van der Waals surface area contributed by atoms with Gasteiger partial charge in [-0.3, -0.25) is 0 Å². The van der Waals surface area contributed by atoms with E-state index in [0.717, 1.165) is 0 Å². The van der Waals surface area contributed by atoms with Crippen molar-refractivity contribution in [2.24, 2.45) is 4.99 Å². The summed E-state index contributed by atoms with van der Waals surface area (Å²) >= 11 is 6.09. The van der Waals surface area contributed by atoms with Gasteiger partial charge in [0.05, 0.1) is 24.3 Å². The molecule has 0 fully saturated rings. The lowest BCUT2D eigenvalue weighted by atomic mass is 10.1. The molecule has 0 saturated heterocycles. The lowest BCUT2D eigenvalue weighted by molar-refractivity contribution is -0.129. The first-order valence-corrected chi connectivity index (χ1v) is 10.8. The topological polar surface area (TPSA) is 83.4 Å². The predicted octanol–water partition coefficient (Wildman–Crippen LogP) is 5.31. The summed E-state index contributed by atoms with van der Waals surface area (Å²) in [7, 11) is 1.57. The maximum absolute atomic E-state index is 12.5. The molecule has 0 radical (unpaired) electrons. The van der Waals surface area contributed by atoms with Crippen LogP contribution in [0.4, 0.5) is 0 Å². The summed E-state index contributed by atoms with van der Waals surface area (Å²) in [6.45, 7) is 2.16. The summed E-state index contributed by atoms with van der Waals surface area (Å²) < 4.78 is 21.6. The van der Waals surface area contributed by atoms with E-state index in [1.54, 1.807) is 79.9 Å². The van der Waals surface area contributed by atoms with Gasteiger partial charge in [0.2, 0.25) is 5.90 Å². The van der Waals surface area contributed by atoms with E-state index < -0.39 is 11.9 Å². The lowest BCUT2D eigenvalue weighted by Crippen LogP contribution is -2.10. The molecule has 34 heavy (non-hydrogen) atoms. The molecule has 1 aliphatic heterocycles. The molecule has 0 atom stereocenters. The van der Waals surface area contributed by atoms with Crippen LogP contribution in [0.2, 0.25) is 5.02 Å².